The molecule has 0 radical (unpaired) electrons. The van der Waals surface area contributed by atoms with Crippen LogP contribution < -0.4 is 25.0 Å². The van der Waals surface area contributed by atoms with Crippen molar-refractivity contribution in [3.05, 3.63) is 42.5 Å². The van der Waals surface area contributed by atoms with Crippen molar-refractivity contribution in [1.29, 1.82) is 0 Å². The van der Waals surface area contributed by atoms with Gasteiger partial charge in [0.2, 0.25) is 5.91 Å². The Bertz CT molecular complexity index is 890. The number of para-hydroxylation sites is 1. The second-order valence-corrected chi connectivity index (χ2v) is 7.59. The number of ether oxygens (including phenoxy) is 2. The molecular weight excluding hydrogens is 378 g/mol. The van der Waals surface area contributed by atoms with E-state index in [2.05, 4.69) is 16.7 Å². The highest BCUT2D eigenvalue weighted by Gasteiger charge is 2.19. The van der Waals surface area contributed by atoms with Crippen LogP contribution in [0.3, 0.4) is 0 Å². The third-order valence-electron chi connectivity index (χ3n) is 4.42. The molecule has 0 spiro atoms. The molecule has 146 valence electrons. The van der Waals surface area contributed by atoms with Gasteiger partial charge in [-0.25, -0.2) is 4.79 Å². The summed E-state index contributed by atoms with van der Waals surface area (Å²) in [4.78, 5) is 27.8. The summed E-state index contributed by atoms with van der Waals surface area (Å²) < 4.78 is 11.0. The first kappa shape index (κ1) is 18.5. The van der Waals surface area contributed by atoms with Crippen molar-refractivity contribution >= 4 is 35.1 Å². The lowest BCUT2D eigenvalue weighted by Crippen LogP contribution is -2.42. The number of carbonyl (C=O) groups is 2. The maximum absolute atomic E-state index is 12.4. The highest BCUT2D eigenvalue weighted by Crippen LogP contribution is 2.34. The zero-order valence-corrected chi connectivity index (χ0v) is 16.1. The average molecular weight is 399 g/mol. The van der Waals surface area contributed by atoms with Crippen LogP contribution >= 0.6 is 11.8 Å². The van der Waals surface area contributed by atoms with Gasteiger partial charge >= 0.3 is 6.03 Å². The maximum atomic E-state index is 12.4. The van der Waals surface area contributed by atoms with E-state index in [1.807, 2.05) is 23.1 Å². The predicted molar refractivity (Wildman–Crippen MR) is 109 cm³/mol. The number of imide groups is 1. The van der Waals surface area contributed by atoms with E-state index < -0.39 is 6.03 Å². The standard InChI is InChI=1S/C20H21N3O4S/c24-19(13-23-8-3-11-28-18-5-2-1-4-15(18)23)22-20(25)21-14-6-7-16-17(12-14)27-10-9-26-16/h1-2,4-7,12H,3,8-11,13H2,(H2,21,22,24,25). The minimum atomic E-state index is -0.570. The fourth-order valence-electron chi connectivity index (χ4n) is 3.19. The largest absolute Gasteiger partial charge is 0.486 e. The van der Waals surface area contributed by atoms with Crippen molar-refractivity contribution in [2.75, 3.05) is 42.3 Å². The zero-order chi connectivity index (χ0) is 19.3. The number of thioether (sulfide) groups is 1. The summed E-state index contributed by atoms with van der Waals surface area (Å²) in [5.74, 6) is 1.89. The minimum absolute atomic E-state index is 0.131. The monoisotopic (exact) mass is 399 g/mol. The highest BCUT2D eigenvalue weighted by molar-refractivity contribution is 7.99. The molecule has 7 nitrogen and oxygen atoms in total. The maximum Gasteiger partial charge on any atom is 0.325 e. The van der Waals surface area contributed by atoms with Crippen LogP contribution in [-0.4, -0.2) is 44.0 Å². The Morgan fingerprint density at radius 3 is 2.79 bits per heavy atom. The van der Waals surface area contributed by atoms with Crippen molar-refractivity contribution in [3.63, 3.8) is 0 Å². The average Bonchev–Trinajstić information content (AvgIpc) is 2.90. The van der Waals surface area contributed by atoms with Crippen LogP contribution in [0.2, 0.25) is 0 Å². The zero-order valence-electron chi connectivity index (χ0n) is 15.3. The molecule has 0 fully saturated rings. The number of urea groups is 1. The molecular formula is C20H21N3O4S. The first-order valence-electron chi connectivity index (χ1n) is 9.16. The summed E-state index contributed by atoms with van der Waals surface area (Å²) >= 11 is 1.79. The number of nitrogens with one attached hydrogen (secondary N) is 2. The molecule has 0 aliphatic carbocycles. The Morgan fingerprint density at radius 2 is 1.89 bits per heavy atom. The number of amides is 3. The number of benzene rings is 2. The van der Waals surface area contributed by atoms with Crippen molar-refractivity contribution in [2.24, 2.45) is 0 Å². The summed E-state index contributed by atoms with van der Waals surface area (Å²) in [6.07, 6.45) is 0.982. The lowest BCUT2D eigenvalue weighted by molar-refractivity contribution is -0.118. The van der Waals surface area contributed by atoms with Gasteiger partial charge in [-0.05, 0) is 36.4 Å². The van der Waals surface area contributed by atoms with Crippen LogP contribution in [0, 0.1) is 0 Å². The van der Waals surface area contributed by atoms with E-state index in [4.69, 9.17) is 9.47 Å². The number of rotatable bonds is 3. The number of nitrogens with zero attached hydrogens (tertiary/aromatic N) is 1. The fourth-order valence-corrected chi connectivity index (χ4v) is 4.20. The summed E-state index contributed by atoms with van der Waals surface area (Å²) in [5.41, 5.74) is 1.57. The normalized spacial score (nSPS) is 15.2. The summed E-state index contributed by atoms with van der Waals surface area (Å²) in [5, 5.41) is 5.06. The van der Waals surface area contributed by atoms with Gasteiger partial charge in [-0.3, -0.25) is 10.1 Å². The molecule has 2 aromatic rings. The van der Waals surface area contributed by atoms with Crippen molar-refractivity contribution in [2.45, 2.75) is 11.3 Å². The van der Waals surface area contributed by atoms with E-state index in [1.165, 1.54) is 0 Å². The van der Waals surface area contributed by atoms with E-state index in [0.717, 1.165) is 29.3 Å². The van der Waals surface area contributed by atoms with E-state index in [0.29, 0.717) is 30.4 Å². The first-order chi connectivity index (χ1) is 13.7. The van der Waals surface area contributed by atoms with Crippen LogP contribution in [-0.2, 0) is 4.79 Å². The van der Waals surface area contributed by atoms with Crippen LogP contribution in [0.5, 0.6) is 11.5 Å². The highest BCUT2D eigenvalue weighted by atomic mass is 32.2. The van der Waals surface area contributed by atoms with Crippen LogP contribution in [0.25, 0.3) is 0 Å². The number of anilines is 2. The third-order valence-corrected chi connectivity index (χ3v) is 5.57. The van der Waals surface area contributed by atoms with Gasteiger partial charge in [-0.2, -0.15) is 0 Å². The topological polar surface area (TPSA) is 79.9 Å². The van der Waals surface area contributed by atoms with Gasteiger partial charge in [-0.1, -0.05) is 12.1 Å². The molecule has 0 unspecified atom stereocenters. The lowest BCUT2D eigenvalue weighted by atomic mass is 10.2. The van der Waals surface area contributed by atoms with E-state index in [9.17, 15) is 9.59 Å². The molecule has 2 N–H and O–H groups in total. The molecule has 8 heteroatoms. The fraction of sp³-hybridized carbons (Fsp3) is 0.300. The second kappa shape index (κ2) is 8.43. The lowest BCUT2D eigenvalue weighted by Gasteiger charge is -2.23. The minimum Gasteiger partial charge on any atom is -0.486 e. The Kier molecular flexibility index (Phi) is 5.57. The van der Waals surface area contributed by atoms with Gasteiger partial charge in [0.05, 0.1) is 12.2 Å². The van der Waals surface area contributed by atoms with Crippen molar-refractivity contribution in [3.8, 4) is 11.5 Å². The van der Waals surface area contributed by atoms with E-state index in [-0.39, 0.29) is 12.5 Å². The molecule has 2 heterocycles. The van der Waals surface area contributed by atoms with Gasteiger partial charge in [-0.15, -0.1) is 11.8 Å². The summed E-state index contributed by atoms with van der Waals surface area (Å²) in [6.45, 7) is 1.89. The number of fused-ring (bicyclic) bond motifs is 2. The number of hydrogen-bond donors (Lipinski definition) is 2. The third kappa shape index (κ3) is 4.33. The summed E-state index contributed by atoms with van der Waals surface area (Å²) in [6, 6.07) is 12.6. The molecule has 4 rings (SSSR count). The van der Waals surface area contributed by atoms with Crippen molar-refractivity contribution < 1.29 is 19.1 Å². The molecule has 2 aromatic carbocycles. The van der Waals surface area contributed by atoms with Gasteiger partial charge in [0.15, 0.2) is 11.5 Å². The molecule has 28 heavy (non-hydrogen) atoms. The smallest absolute Gasteiger partial charge is 0.325 e. The van der Waals surface area contributed by atoms with Crippen LogP contribution in [0.15, 0.2) is 47.4 Å². The van der Waals surface area contributed by atoms with Crippen LogP contribution in [0.1, 0.15) is 6.42 Å². The molecule has 2 aliphatic rings. The Morgan fingerprint density at radius 1 is 1.07 bits per heavy atom. The number of hydrogen-bond acceptors (Lipinski definition) is 6. The molecule has 0 saturated carbocycles. The van der Waals surface area contributed by atoms with Gasteiger partial charge < -0.3 is 19.7 Å². The van der Waals surface area contributed by atoms with E-state index in [1.54, 1.807) is 30.0 Å². The number of carbonyl (C=O) groups excluding carboxylic acids is 2. The molecule has 0 bridgehead atoms. The summed E-state index contributed by atoms with van der Waals surface area (Å²) in [7, 11) is 0. The predicted octanol–water partition coefficient (Wildman–Crippen LogP) is 3.11. The van der Waals surface area contributed by atoms with Gasteiger partial charge in [0.1, 0.15) is 13.2 Å². The van der Waals surface area contributed by atoms with E-state index >= 15 is 0 Å². The Labute approximate surface area is 167 Å². The quantitative estimate of drug-likeness (QED) is 0.826. The van der Waals surface area contributed by atoms with Gasteiger partial charge in [0.25, 0.3) is 0 Å². The molecule has 2 aliphatic heterocycles. The molecule has 0 atom stereocenters. The van der Waals surface area contributed by atoms with Crippen LogP contribution in [0.4, 0.5) is 16.2 Å². The van der Waals surface area contributed by atoms with Crippen molar-refractivity contribution in [1.82, 2.24) is 5.32 Å². The molecule has 3 amide bonds. The first-order valence-corrected chi connectivity index (χ1v) is 10.1. The second-order valence-electron chi connectivity index (χ2n) is 6.45. The molecule has 0 aromatic heterocycles. The Hall–Kier alpha value is -2.87. The van der Waals surface area contributed by atoms with Gasteiger partial charge in [0, 0.05) is 23.2 Å². The molecule has 0 saturated heterocycles. The Balaban J connectivity index is 1.35. The SMILES string of the molecule is O=C(CN1CCCSc2ccccc21)NC(=O)Nc1ccc2c(c1)OCCO2.